The molecule has 0 saturated carbocycles. The molecule has 0 aromatic heterocycles. The number of hydrogen-bond acceptors (Lipinski definition) is 3. The van der Waals surface area contributed by atoms with Crippen molar-refractivity contribution < 1.29 is 9.09 Å². The number of benzene rings is 2. The van der Waals surface area contributed by atoms with E-state index >= 15 is 0 Å². The SMILES string of the molecule is CCc1ccccc1O[P+](=O)Sc1ccccc1CC. The fraction of sp³-hybridized carbons (Fsp3) is 0.250. The van der Waals surface area contributed by atoms with Gasteiger partial charge in [0.2, 0.25) is 11.4 Å². The first-order valence-corrected chi connectivity index (χ1v) is 9.33. The minimum Gasteiger partial charge on any atom is -0.245 e. The van der Waals surface area contributed by atoms with E-state index in [4.69, 9.17) is 4.52 Å². The molecule has 0 heterocycles. The van der Waals surface area contributed by atoms with Crippen LogP contribution in [0.4, 0.5) is 0 Å². The molecule has 0 fully saturated rings. The van der Waals surface area contributed by atoms with E-state index in [9.17, 15) is 4.57 Å². The molecule has 1 atom stereocenters. The van der Waals surface area contributed by atoms with Gasteiger partial charge in [-0.2, -0.15) is 0 Å². The van der Waals surface area contributed by atoms with Crippen LogP contribution in [0.5, 0.6) is 5.75 Å². The van der Waals surface area contributed by atoms with Crippen LogP contribution in [0.15, 0.2) is 53.4 Å². The monoisotopic (exact) mass is 305 g/mol. The van der Waals surface area contributed by atoms with E-state index in [1.807, 2.05) is 42.5 Å². The van der Waals surface area contributed by atoms with E-state index in [-0.39, 0.29) is 0 Å². The summed E-state index contributed by atoms with van der Waals surface area (Å²) in [7, 11) is -1.81. The van der Waals surface area contributed by atoms with E-state index in [2.05, 4.69) is 19.9 Å². The topological polar surface area (TPSA) is 26.3 Å². The van der Waals surface area contributed by atoms with Gasteiger partial charge in [-0.05, 0) is 40.7 Å². The molecular weight excluding hydrogens is 287 g/mol. The van der Waals surface area contributed by atoms with Crippen molar-refractivity contribution in [3.8, 4) is 5.75 Å². The fourth-order valence-corrected chi connectivity index (χ4v) is 4.32. The van der Waals surface area contributed by atoms with Crippen LogP contribution in [-0.2, 0) is 17.4 Å². The quantitative estimate of drug-likeness (QED) is 0.646. The molecule has 0 amide bonds. The van der Waals surface area contributed by atoms with Crippen LogP contribution in [0.25, 0.3) is 0 Å². The number of rotatable bonds is 6. The highest BCUT2D eigenvalue weighted by Crippen LogP contribution is 2.46. The lowest BCUT2D eigenvalue weighted by molar-refractivity contribution is 0.517. The van der Waals surface area contributed by atoms with Crippen LogP contribution >= 0.6 is 18.6 Å². The summed E-state index contributed by atoms with van der Waals surface area (Å²) in [6.07, 6.45) is 1.80. The molecule has 2 nitrogen and oxygen atoms in total. The van der Waals surface area contributed by atoms with Crippen molar-refractivity contribution >= 4 is 18.6 Å². The van der Waals surface area contributed by atoms with Gasteiger partial charge < -0.3 is 0 Å². The molecule has 0 bridgehead atoms. The summed E-state index contributed by atoms with van der Waals surface area (Å²) in [6.45, 7) is 4.16. The Morgan fingerprint density at radius 3 is 2.25 bits per heavy atom. The van der Waals surface area contributed by atoms with E-state index in [1.54, 1.807) is 0 Å². The van der Waals surface area contributed by atoms with Crippen LogP contribution in [0.3, 0.4) is 0 Å². The number of para-hydroxylation sites is 1. The second kappa shape index (κ2) is 7.47. The summed E-state index contributed by atoms with van der Waals surface area (Å²) in [6, 6.07) is 15.8. The van der Waals surface area contributed by atoms with Gasteiger partial charge in [0.25, 0.3) is 0 Å². The number of aryl methyl sites for hydroxylation is 2. The van der Waals surface area contributed by atoms with Crippen LogP contribution in [0.2, 0.25) is 0 Å². The summed E-state index contributed by atoms with van der Waals surface area (Å²) in [5, 5.41) is 0. The van der Waals surface area contributed by atoms with Gasteiger partial charge in [0.05, 0.1) is 4.90 Å². The van der Waals surface area contributed by atoms with Gasteiger partial charge >= 0.3 is 7.23 Å². The summed E-state index contributed by atoms with van der Waals surface area (Å²) in [4.78, 5) is 1.03. The standard InChI is InChI=1S/C16H18O2PS/c1-3-13-9-5-7-11-15(13)18-19(17)20-16-12-8-6-10-14(16)4-2/h5-12H,3-4H2,1-2H3/q+1. The van der Waals surface area contributed by atoms with Gasteiger partial charge in [0.15, 0.2) is 5.75 Å². The van der Waals surface area contributed by atoms with E-state index in [0.717, 1.165) is 29.1 Å². The molecular formula is C16H18O2PS+. The Morgan fingerprint density at radius 2 is 1.55 bits per heavy atom. The average Bonchev–Trinajstić information content (AvgIpc) is 2.48. The smallest absolute Gasteiger partial charge is 0.245 e. The third-order valence-corrected chi connectivity index (χ3v) is 5.40. The van der Waals surface area contributed by atoms with Gasteiger partial charge in [-0.25, -0.2) is 4.52 Å². The normalized spacial score (nSPS) is 11.2. The molecule has 0 aliphatic heterocycles. The van der Waals surface area contributed by atoms with Crippen LogP contribution in [-0.4, -0.2) is 0 Å². The zero-order chi connectivity index (χ0) is 14.4. The highest BCUT2D eigenvalue weighted by atomic mass is 32.7. The lowest BCUT2D eigenvalue weighted by atomic mass is 10.1. The van der Waals surface area contributed by atoms with Gasteiger partial charge in [-0.3, -0.25) is 0 Å². The van der Waals surface area contributed by atoms with Gasteiger partial charge in [0, 0.05) is 0 Å². The second-order valence-electron chi connectivity index (χ2n) is 4.33. The zero-order valence-corrected chi connectivity index (χ0v) is 13.4. The summed E-state index contributed by atoms with van der Waals surface area (Å²) in [5.41, 5.74) is 2.29. The lowest BCUT2D eigenvalue weighted by Crippen LogP contribution is -1.88. The summed E-state index contributed by atoms with van der Waals surface area (Å²) < 4.78 is 17.8. The first-order chi connectivity index (χ1) is 9.74. The summed E-state index contributed by atoms with van der Waals surface area (Å²) >= 11 is 1.30. The van der Waals surface area contributed by atoms with Crippen molar-refractivity contribution in [2.24, 2.45) is 0 Å². The highest BCUT2D eigenvalue weighted by Gasteiger charge is 2.25. The van der Waals surface area contributed by atoms with Crippen molar-refractivity contribution in [1.29, 1.82) is 0 Å². The first-order valence-electron chi connectivity index (χ1n) is 6.73. The lowest BCUT2D eigenvalue weighted by Gasteiger charge is -2.02. The van der Waals surface area contributed by atoms with Gasteiger partial charge in [-0.1, -0.05) is 50.2 Å². The Bertz CT molecular complexity index is 547. The van der Waals surface area contributed by atoms with Gasteiger partial charge in [-0.15, -0.1) is 0 Å². The van der Waals surface area contributed by atoms with Crippen LogP contribution in [0.1, 0.15) is 25.0 Å². The largest absolute Gasteiger partial charge is 0.640 e. The van der Waals surface area contributed by atoms with Crippen LogP contribution in [0, 0.1) is 0 Å². The molecule has 20 heavy (non-hydrogen) atoms. The minimum atomic E-state index is -1.81. The van der Waals surface area contributed by atoms with Crippen molar-refractivity contribution in [1.82, 2.24) is 0 Å². The molecule has 104 valence electrons. The fourth-order valence-electron chi connectivity index (χ4n) is 1.95. The predicted molar refractivity (Wildman–Crippen MR) is 85.7 cm³/mol. The molecule has 1 unspecified atom stereocenters. The zero-order valence-electron chi connectivity index (χ0n) is 11.7. The Balaban J connectivity index is 2.09. The Kier molecular flexibility index (Phi) is 5.63. The maximum atomic E-state index is 12.2. The van der Waals surface area contributed by atoms with Crippen molar-refractivity contribution in [2.45, 2.75) is 31.6 Å². The number of hydrogen-bond donors (Lipinski definition) is 0. The molecule has 2 aromatic carbocycles. The third-order valence-electron chi connectivity index (χ3n) is 3.05. The first kappa shape index (κ1) is 15.1. The van der Waals surface area contributed by atoms with Gasteiger partial charge in [0.1, 0.15) is 0 Å². The van der Waals surface area contributed by atoms with Crippen LogP contribution < -0.4 is 4.52 Å². The van der Waals surface area contributed by atoms with E-state index in [0.29, 0.717) is 0 Å². The second-order valence-corrected chi connectivity index (χ2v) is 7.02. The minimum absolute atomic E-state index is 0.720. The predicted octanol–water partition coefficient (Wildman–Crippen LogP) is 5.64. The summed E-state index contributed by atoms with van der Waals surface area (Å²) in [5.74, 6) is 0.720. The van der Waals surface area contributed by atoms with Crippen molar-refractivity contribution in [2.75, 3.05) is 0 Å². The van der Waals surface area contributed by atoms with Crippen molar-refractivity contribution in [3.05, 3.63) is 59.7 Å². The average molecular weight is 305 g/mol. The van der Waals surface area contributed by atoms with Crippen molar-refractivity contribution in [3.63, 3.8) is 0 Å². The molecule has 2 aromatic rings. The van der Waals surface area contributed by atoms with E-state index in [1.165, 1.54) is 16.9 Å². The highest BCUT2D eigenvalue weighted by molar-refractivity contribution is 8.50. The molecule has 0 aliphatic rings. The van der Waals surface area contributed by atoms with E-state index < -0.39 is 7.23 Å². The molecule has 0 radical (unpaired) electrons. The third kappa shape index (κ3) is 3.84. The molecule has 0 spiro atoms. The Hall–Kier alpha value is -1.31. The maximum absolute atomic E-state index is 12.2. The molecule has 0 N–H and O–H groups in total. The Labute approximate surface area is 125 Å². The maximum Gasteiger partial charge on any atom is 0.640 e. The molecule has 0 aliphatic carbocycles. The Morgan fingerprint density at radius 1 is 0.950 bits per heavy atom. The molecule has 0 saturated heterocycles. The molecule has 4 heteroatoms. The molecule has 2 rings (SSSR count).